The number of alkyl halides is 2. The van der Waals surface area contributed by atoms with E-state index < -0.39 is 6.43 Å². The van der Waals surface area contributed by atoms with Gasteiger partial charge in [-0.15, -0.1) is 0 Å². The number of pyridine rings is 1. The van der Waals surface area contributed by atoms with Crippen LogP contribution in [0.4, 0.5) is 8.78 Å². The van der Waals surface area contributed by atoms with Crippen LogP contribution >= 0.6 is 0 Å². The van der Waals surface area contributed by atoms with E-state index in [0.29, 0.717) is 29.2 Å². The molecular formula is C13H15F2N3. The summed E-state index contributed by atoms with van der Waals surface area (Å²) in [6, 6.07) is 1.57. The second-order valence-corrected chi connectivity index (χ2v) is 4.81. The second-order valence-electron chi connectivity index (χ2n) is 4.81. The molecule has 2 heterocycles. The normalized spacial score (nSPS) is 15.8. The number of hydrogen-bond donors (Lipinski definition) is 0. The molecule has 0 spiro atoms. The number of rotatable bonds is 3. The van der Waals surface area contributed by atoms with Crippen molar-refractivity contribution in [2.24, 2.45) is 0 Å². The van der Waals surface area contributed by atoms with Crippen LogP contribution in [0.3, 0.4) is 0 Å². The summed E-state index contributed by atoms with van der Waals surface area (Å²) in [6.45, 7) is 4.35. The molecule has 0 N–H and O–H groups in total. The van der Waals surface area contributed by atoms with Crippen LogP contribution in [0.1, 0.15) is 49.1 Å². The van der Waals surface area contributed by atoms with Gasteiger partial charge in [-0.05, 0) is 32.8 Å². The quantitative estimate of drug-likeness (QED) is 0.834. The lowest BCUT2D eigenvalue weighted by Crippen LogP contribution is -2.00. The van der Waals surface area contributed by atoms with E-state index in [1.807, 2.05) is 6.92 Å². The number of fused-ring (bicyclic) bond motifs is 1. The Bertz CT molecular complexity index is 600. The molecule has 1 aliphatic rings. The van der Waals surface area contributed by atoms with Crippen LogP contribution < -0.4 is 0 Å². The molecule has 0 unspecified atom stereocenters. The summed E-state index contributed by atoms with van der Waals surface area (Å²) < 4.78 is 28.1. The maximum atomic E-state index is 13.2. The van der Waals surface area contributed by atoms with Crippen molar-refractivity contribution in [3.05, 3.63) is 23.0 Å². The first kappa shape index (κ1) is 11.6. The van der Waals surface area contributed by atoms with E-state index in [4.69, 9.17) is 0 Å². The molecular weight excluding hydrogens is 236 g/mol. The lowest BCUT2D eigenvalue weighted by molar-refractivity contribution is 0.153. The third-order valence-corrected chi connectivity index (χ3v) is 3.46. The molecule has 1 fully saturated rings. The standard InChI is InChI=1S/C13H15F2N3/c1-3-18-13-11(7(2)17-18)9(12(14)15)6-10(16-13)8-4-5-8/h6,8,12H,3-5H2,1-2H3. The van der Waals surface area contributed by atoms with Crippen molar-refractivity contribution in [3.8, 4) is 0 Å². The summed E-state index contributed by atoms with van der Waals surface area (Å²) in [5.41, 5.74) is 2.12. The minimum absolute atomic E-state index is 0.0825. The van der Waals surface area contributed by atoms with Gasteiger partial charge in [0.2, 0.25) is 0 Å². The van der Waals surface area contributed by atoms with E-state index in [0.717, 1.165) is 18.5 Å². The van der Waals surface area contributed by atoms with Gasteiger partial charge in [-0.2, -0.15) is 5.10 Å². The maximum Gasteiger partial charge on any atom is 0.264 e. The zero-order valence-corrected chi connectivity index (χ0v) is 10.5. The summed E-state index contributed by atoms with van der Waals surface area (Å²) in [5.74, 6) is 0.368. The predicted octanol–water partition coefficient (Wildman–Crippen LogP) is 3.57. The molecule has 0 aliphatic heterocycles. The van der Waals surface area contributed by atoms with E-state index >= 15 is 0 Å². The highest BCUT2D eigenvalue weighted by Gasteiger charge is 2.28. The van der Waals surface area contributed by atoms with Gasteiger partial charge in [-0.1, -0.05) is 0 Å². The number of hydrogen-bond acceptors (Lipinski definition) is 2. The van der Waals surface area contributed by atoms with E-state index in [2.05, 4.69) is 10.1 Å². The Morgan fingerprint density at radius 2 is 2.17 bits per heavy atom. The molecule has 3 rings (SSSR count). The SMILES string of the molecule is CCn1nc(C)c2c(C(F)F)cc(C3CC3)nc21. The van der Waals surface area contributed by atoms with Crippen LogP contribution in [0.5, 0.6) is 0 Å². The Balaban J connectivity index is 2.31. The fourth-order valence-corrected chi connectivity index (χ4v) is 2.39. The average Bonchev–Trinajstić information content (AvgIpc) is 3.14. The van der Waals surface area contributed by atoms with Gasteiger partial charge in [0.1, 0.15) is 0 Å². The van der Waals surface area contributed by atoms with Crippen LogP contribution in [-0.2, 0) is 6.54 Å². The van der Waals surface area contributed by atoms with Gasteiger partial charge in [0.25, 0.3) is 6.43 Å². The highest BCUT2D eigenvalue weighted by atomic mass is 19.3. The molecule has 1 aliphatic carbocycles. The number of aryl methyl sites for hydroxylation is 2. The molecule has 0 radical (unpaired) electrons. The molecule has 2 aromatic heterocycles. The fraction of sp³-hybridized carbons (Fsp3) is 0.538. The van der Waals surface area contributed by atoms with E-state index in [-0.39, 0.29) is 5.56 Å². The van der Waals surface area contributed by atoms with Gasteiger partial charge >= 0.3 is 0 Å². The van der Waals surface area contributed by atoms with Crippen molar-refractivity contribution in [3.63, 3.8) is 0 Å². The van der Waals surface area contributed by atoms with Gasteiger partial charge in [0.15, 0.2) is 5.65 Å². The molecule has 0 aromatic carbocycles. The second kappa shape index (κ2) is 4.00. The number of aromatic nitrogens is 3. The molecule has 0 atom stereocenters. The number of halogens is 2. The van der Waals surface area contributed by atoms with Crippen molar-refractivity contribution in [1.29, 1.82) is 0 Å². The van der Waals surface area contributed by atoms with Crippen LogP contribution in [0.2, 0.25) is 0 Å². The Morgan fingerprint density at radius 3 is 2.72 bits per heavy atom. The molecule has 0 saturated heterocycles. The van der Waals surface area contributed by atoms with E-state index in [1.165, 1.54) is 0 Å². The van der Waals surface area contributed by atoms with Crippen LogP contribution in [0, 0.1) is 6.92 Å². The Labute approximate surface area is 104 Å². The average molecular weight is 251 g/mol. The van der Waals surface area contributed by atoms with Crippen molar-refractivity contribution >= 4 is 11.0 Å². The first-order chi connectivity index (χ1) is 8.61. The van der Waals surface area contributed by atoms with Crippen LogP contribution in [0.15, 0.2) is 6.07 Å². The Morgan fingerprint density at radius 1 is 1.44 bits per heavy atom. The first-order valence-electron chi connectivity index (χ1n) is 6.28. The molecule has 1 saturated carbocycles. The first-order valence-corrected chi connectivity index (χ1v) is 6.28. The van der Waals surface area contributed by atoms with Gasteiger partial charge in [0.05, 0.1) is 11.1 Å². The van der Waals surface area contributed by atoms with Crippen molar-refractivity contribution in [2.45, 2.75) is 45.6 Å². The highest BCUT2D eigenvalue weighted by molar-refractivity contribution is 5.82. The Kier molecular flexibility index (Phi) is 2.57. The maximum absolute atomic E-state index is 13.2. The monoisotopic (exact) mass is 251 g/mol. The van der Waals surface area contributed by atoms with Gasteiger partial charge in [-0.25, -0.2) is 18.4 Å². The fourth-order valence-electron chi connectivity index (χ4n) is 2.39. The number of nitrogens with zero attached hydrogens (tertiary/aromatic N) is 3. The lowest BCUT2D eigenvalue weighted by atomic mass is 10.1. The zero-order chi connectivity index (χ0) is 12.9. The minimum atomic E-state index is -2.47. The van der Waals surface area contributed by atoms with Crippen molar-refractivity contribution in [1.82, 2.24) is 14.8 Å². The topological polar surface area (TPSA) is 30.7 Å². The zero-order valence-electron chi connectivity index (χ0n) is 10.5. The summed E-state index contributed by atoms with van der Waals surface area (Å²) in [5, 5.41) is 4.82. The predicted molar refractivity (Wildman–Crippen MR) is 64.9 cm³/mol. The van der Waals surface area contributed by atoms with E-state index in [1.54, 1.807) is 17.7 Å². The van der Waals surface area contributed by atoms with Gasteiger partial charge in [-0.3, -0.25) is 0 Å². The lowest BCUT2D eigenvalue weighted by Gasteiger charge is -2.07. The third-order valence-electron chi connectivity index (χ3n) is 3.46. The van der Waals surface area contributed by atoms with Crippen molar-refractivity contribution in [2.75, 3.05) is 0 Å². The molecule has 18 heavy (non-hydrogen) atoms. The smallest absolute Gasteiger partial charge is 0.247 e. The Hall–Kier alpha value is -1.52. The third kappa shape index (κ3) is 1.69. The summed E-state index contributed by atoms with van der Waals surface area (Å²) in [4.78, 5) is 4.54. The molecule has 96 valence electrons. The molecule has 2 aromatic rings. The molecule has 0 amide bonds. The highest BCUT2D eigenvalue weighted by Crippen LogP contribution is 2.41. The van der Waals surface area contributed by atoms with Crippen molar-refractivity contribution < 1.29 is 8.78 Å². The van der Waals surface area contributed by atoms with Gasteiger partial charge < -0.3 is 0 Å². The van der Waals surface area contributed by atoms with E-state index in [9.17, 15) is 8.78 Å². The molecule has 3 nitrogen and oxygen atoms in total. The molecule has 0 bridgehead atoms. The van der Waals surface area contributed by atoms with Crippen LogP contribution in [0.25, 0.3) is 11.0 Å². The summed E-state index contributed by atoms with van der Waals surface area (Å²) in [6.07, 6.45) is -0.359. The summed E-state index contributed by atoms with van der Waals surface area (Å²) >= 11 is 0. The largest absolute Gasteiger partial charge is 0.264 e. The van der Waals surface area contributed by atoms with Crippen LogP contribution in [-0.4, -0.2) is 14.8 Å². The molecule has 5 heteroatoms. The van der Waals surface area contributed by atoms with Gasteiger partial charge in [0, 0.05) is 23.7 Å². The minimum Gasteiger partial charge on any atom is -0.247 e. The summed E-state index contributed by atoms with van der Waals surface area (Å²) in [7, 11) is 0.